The molecule has 11 rings (SSSR count). The van der Waals surface area contributed by atoms with Crippen LogP contribution in [-0.4, -0.2) is 19.5 Å². The predicted molar refractivity (Wildman–Crippen MR) is 200 cm³/mol. The van der Waals surface area contributed by atoms with Gasteiger partial charge in [-0.1, -0.05) is 121 Å². The van der Waals surface area contributed by atoms with Crippen LogP contribution in [0.4, 0.5) is 0 Å². The van der Waals surface area contributed by atoms with Crippen LogP contribution in [0.2, 0.25) is 0 Å². The SMILES string of the molecule is c1ccc(-c2nc(-c3ccc4c(c3)sc3ccccc34)nc(-n3c4cccc5c4c4c6c(cccc6ccc43)-c3ccccc3-5)n2)cc1. The van der Waals surface area contributed by atoms with Gasteiger partial charge in [0.1, 0.15) is 0 Å². The van der Waals surface area contributed by atoms with Crippen molar-refractivity contribution in [1.29, 1.82) is 0 Å². The van der Waals surface area contributed by atoms with Crippen LogP contribution in [0, 0.1) is 0 Å². The van der Waals surface area contributed by atoms with Crippen molar-refractivity contribution in [3.63, 3.8) is 0 Å². The minimum atomic E-state index is 0.609. The minimum absolute atomic E-state index is 0.609. The second kappa shape index (κ2) is 9.67. The van der Waals surface area contributed by atoms with Gasteiger partial charge in [-0.15, -0.1) is 11.3 Å². The first kappa shape index (κ1) is 26.0. The summed E-state index contributed by atoms with van der Waals surface area (Å²) < 4.78 is 4.74. The first-order chi connectivity index (χ1) is 23.8. The number of hydrogen-bond acceptors (Lipinski definition) is 4. The Kier molecular flexibility index (Phi) is 5.23. The second-order valence-electron chi connectivity index (χ2n) is 12.4. The minimum Gasteiger partial charge on any atom is -0.278 e. The van der Waals surface area contributed by atoms with Gasteiger partial charge < -0.3 is 0 Å². The van der Waals surface area contributed by atoms with E-state index in [0.717, 1.165) is 22.2 Å². The maximum absolute atomic E-state index is 5.27. The van der Waals surface area contributed by atoms with Gasteiger partial charge in [-0.05, 0) is 57.3 Å². The lowest BCUT2D eigenvalue weighted by Crippen LogP contribution is -2.06. The van der Waals surface area contributed by atoms with Crippen LogP contribution >= 0.6 is 11.3 Å². The molecule has 0 unspecified atom stereocenters. The van der Waals surface area contributed by atoms with Crippen molar-refractivity contribution in [3.8, 4) is 51.0 Å². The first-order valence-corrected chi connectivity index (χ1v) is 16.9. The van der Waals surface area contributed by atoms with Crippen LogP contribution in [0.3, 0.4) is 0 Å². The number of benzene rings is 7. The highest BCUT2D eigenvalue weighted by Crippen LogP contribution is 2.49. The molecule has 5 heteroatoms. The average molecular weight is 629 g/mol. The Morgan fingerprint density at radius 1 is 0.417 bits per heavy atom. The van der Waals surface area contributed by atoms with E-state index in [1.165, 1.54) is 64.0 Å². The summed E-state index contributed by atoms with van der Waals surface area (Å²) in [5.41, 5.74) is 9.07. The lowest BCUT2D eigenvalue weighted by molar-refractivity contribution is 0.954. The molecule has 0 aliphatic heterocycles. The van der Waals surface area contributed by atoms with Crippen molar-refractivity contribution in [2.75, 3.05) is 0 Å². The highest BCUT2D eigenvalue weighted by Gasteiger charge is 2.26. The molecule has 0 saturated carbocycles. The normalized spacial score (nSPS) is 12.2. The molecule has 0 atom stereocenters. The molecule has 0 saturated heterocycles. The average Bonchev–Trinajstić information content (AvgIpc) is 3.66. The van der Waals surface area contributed by atoms with Crippen LogP contribution in [0.15, 0.2) is 146 Å². The molecular weight excluding hydrogens is 605 g/mol. The van der Waals surface area contributed by atoms with E-state index < -0.39 is 0 Å². The maximum Gasteiger partial charge on any atom is 0.238 e. The molecule has 0 bridgehead atoms. The molecule has 0 radical (unpaired) electrons. The van der Waals surface area contributed by atoms with Gasteiger partial charge in [-0.2, -0.15) is 9.97 Å². The van der Waals surface area contributed by atoms with E-state index in [1.807, 2.05) is 18.2 Å². The Morgan fingerprint density at radius 3 is 1.94 bits per heavy atom. The Morgan fingerprint density at radius 2 is 1.08 bits per heavy atom. The Bertz CT molecular complexity index is 2950. The van der Waals surface area contributed by atoms with Crippen LogP contribution < -0.4 is 0 Å². The van der Waals surface area contributed by atoms with E-state index in [9.17, 15) is 0 Å². The summed E-state index contributed by atoms with van der Waals surface area (Å²) >= 11 is 1.81. The number of aromatic nitrogens is 4. The summed E-state index contributed by atoms with van der Waals surface area (Å²) in [6.45, 7) is 0. The Balaban J connectivity index is 1.24. The van der Waals surface area contributed by atoms with Crippen molar-refractivity contribution in [2.24, 2.45) is 0 Å². The van der Waals surface area contributed by atoms with Crippen LogP contribution in [0.25, 0.3) is 104 Å². The number of rotatable bonds is 3. The summed E-state index contributed by atoms with van der Waals surface area (Å²) in [6.07, 6.45) is 0. The third-order valence-corrected chi connectivity index (χ3v) is 10.9. The summed E-state index contributed by atoms with van der Waals surface area (Å²) in [6, 6.07) is 51.9. The molecule has 7 aromatic carbocycles. The third-order valence-electron chi connectivity index (χ3n) is 9.80. The zero-order valence-electron chi connectivity index (χ0n) is 25.6. The molecule has 222 valence electrons. The zero-order chi connectivity index (χ0) is 31.3. The fraction of sp³-hybridized carbons (Fsp3) is 0. The van der Waals surface area contributed by atoms with E-state index in [-0.39, 0.29) is 0 Å². The van der Waals surface area contributed by atoms with Crippen LogP contribution in [0.5, 0.6) is 0 Å². The van der Waals surface area contributed by atoms with E-state index in [2.05, 4.69) is 132 Å². The van der Waals surface area contributed by atoms with Gasteiger partial charge in [0.2, 0.25) is 5.95 Å². The first-order valence-electron chi connectivity index (χ1n) is 16.1. The highest BCUT2D eigenvalue weighted by atomic mass is 32.1. The van der Waals surface area contributed by atoms with Gasteiger partial charge in [0.25, 0.3) is 0 Å². The van der Waals surface area contributed by atoms with E-state index in [4.69, 9.17) is 15.0 Å². The van der Waals surface area contributed by atoms with Gasteiger partial charge >= 0.3 is 0 Å². The van der Waals surface area contributed by atoms with E-state index >= 15 is 0 Å². The fourth-order valence-corrected chi connectivity index (χ4v) is 8.86. The monoisotopic (exact) mass is 628 g/mol. The molecule has 48 heavy (non-hydrogen) atoms. The predicted octanol–water partition coefficient (Wildman–Crippen LogP) is 11.5. The topological polar surface area (TPSA) is 43.6 Å². The zero-order valence-corrected chi connectivity index (χ0v) is 26.4. The van der Waals surface area contributed by atoms with E-state index in [0.29, 0.717) is 17.6 Å². The molecule has 0 spiro atoms. The molecule has 4 nitrogen and oxygen atoms in total. The van der Waals surface area contributed by atoms with Crippen LogP contribution in [0.1, 0.15) is 0 Å². The van der Waals surface area contributed by atoms with Crippen molar-refractivity contribution in [1.82, 2.24) is 19.5 Å². The lowest BCUT2D eigenvalue weighted by Gasteiger charge is -2.14. The fourth-order valence-electron chi connectivity index (χ4n) is 7.72. The molecular formula is C43H24N4S. The van der Waals surface area contributed by atoms with Crippen molar-refractivity contribution in [3.05, 3.63) is 146 Å². The third kappa shape index (κ3) is 3.56. The number of thiophene rings is 1. The summed E-state index contributed by atoms with van der Waals surface area (Å²) in [7, 11) is 0. The number of nitrogens with zero attached hydrogens (tertiary/aromatic N) is 4. The largest absolute Gasteiger partial charge is 0.278 e. The van der Waals surface area contributed by atoms with Gasteiger partial charge in [0.05, 0.1) is 11.0 Å². The van der Waals surface area contributed by atoms with Crippen molar-refractivity contribution >= 4 is 64.1 Å². The summed E-state index contributed by atoms with van der Waals surface area (Å²) in [5.74, 6) is 1.92. The van der Waals surface area contributed by atoms with Gasteiger partial charge in [0, 0.05) is 42.1 Å². The molecule has 1 aliphatic rings. The van der Waals surface area contributed by atoms with Crippen molar-refractivity contribution in [2.45, 2.75) is 0 Å². The second-order valence-corrected chi connectivity index (χ2v) is 13.5. The molecule has 1 aliphatic carbocycles. The summed E-state index contributed by atoms with van der Waals surface area (Å²) in [5, 5.41) is 7.49. The van der Waals surface area contributed by atoms with Crippen LogP contribution in [-0.2, 0) is 0 Å². The molecule has 0 N–H and O–H groups in total. The molecule has 10 aromatic rings. The van der Waals surface area contributed by atoms with Gasteiger partial charge in [-0.3, -0.25) is 4.57 Å². The molecule has 0 amide bonds. The van der Waals surface area contributed by atoms with E-state index in [1.54, 1.807) is 11.3 Å². The maximum atomic E-state index is 5.27. The number of hydrogen-bond donors (Lipinski definition) is 0. The molecule has 3 aromatic heterocycles. The number of fused-ring (bicyclic) bond motifs is 6. The molecule has 3 heterocycles. The smallest absolute Gasteiger partial charge is 0.238 e. The standard InChI is InChI=1S/C43H24N4S/c1-2-10-26(11-3-1)41-44-42(27-20-22-31-30-15-6-7-19-36(30)48-37(31)24-27)46-43(45-41)47-34-18-9-17-33-29-14-5-4-13-28(29)32-16-8-12-25-21-23-35(47)40(38(25)32)39(33)34/h1-24H. The Hall–Kier alpha value is -6.17. The lowest BCUT2D eigenvalue weighted by atomic mass is 9.93. The van der Waals surface area contributed by atoms with Gasteiger partial charge in [0.15, 0.2) is 11.6 Å². The quantitative estimate of drug-likeness (QED) is 0.196. The summed E-state index contributed by atoms with van der Waals surface area (Å²) in [4.78, 5) is 15.6. The van der Waals surface area contributed by atoms with Gasteiger partial charge in [-0.25, -0.2) is 4.98 Å². The molecule has 0 fully saturated rings. The highest BCUT2D eigenvalue weighted by molar-refractivity contribution is 7.25. The van der Waals surface area contributed by atoms with Crippen molar-refractivity contribution < 1.29 is 0 Å². The Labute approximate surface area is 279 Å².